The Morgan fingerprint density at radius 1 is 1.88 bits per heavy atom. The molecule has 8 heavy (non-hydrogen) atoms. The van der Waals surface area contributed by atoms with Crippen molar-refractivity contribution in [3.05, 3.63) is 0 Å². The number of rotatable bonds is 2. The quantitative estimate of drug-likeness (QED) is 0.445. The minimum atomic E-state index is -0.706. The number of hydrogen-bond acceptors (Lipinski definition) is 1. The van der Waals surface area contributed by atoms with Gasteiger partial charge in [-0.3, -0.25) is 4.79 Å². The number of hydrogen-bond donors (Lipinski definition) is 1. The zero-order valence-corrected chi connectivity index (χ0v) is 7.64. The van der Waals surface area contributed by atoms with Crippen LogP contribution in [-0.4, -0.2) is 11.1 Å². The molecule has 0 aliphatic rings. The molecule has 0 aliphatic carbocycles. The molecule has 0 aromatic carbocycles. The van der Waals surface area contributed by atoms with Crippen LogP contribution in [0.5, 0.6) is 0 Å². The topological polar surface area (TPSA) is 37.3 Å². The van der Waals surface area contributed by atoms with Crippen molar-refractivity contribution in [2.75, 3.05) is 0 Å². The van der Waals surface area contributed by atoms with Crippen molar-refractivity contribution in [2.24, 2.45) is 5.92 Å². The molecule has 0 saturated carbocycles. The van der Waals surface area contributed by atoms with E-state index in [9.17, 15) is 4.79 Å². The van der Waals surface area contributed by atoms with Gasteiger partial charge in [-0.15, -0.1) is 0 Å². The molecule has 0 heterocycles. The molecule has 0 aromatic rings. The number of carbonyl (C=O) groups is 1. The van der Waals surface area contributed by atoms with Crippen LogP contribution in [0.1, 0.15) is 21.7 Å². The van der Waals surface area contributed by atoms with Gasteiger partial charge in [0.25, 0.3) is 0 Å². The van der Waals surface area contributed by atoms with Gasteiger partial charge in [0.2, 0.25) is 0 Å². The first-order chi connectivity index (χ1) is 3.18. The van der Waals surface area contributed by atoms with Gasteiger partial charge >= 0.3 is 35.5 Å². The van der Waals surface area contributed by atoms with Crippen LogP contribution >= 0.6 is 0 Å². The molecule has 0 amide bonds. The number of carboxylic acids is 1. The van der Waals surface area contributed by atoms with E-state index in [0.29, 0.717) is 0 Å². The van der Waals surface area contributed by atoms with Crippen molar-refractivity contribution in [2.45, 2.75) is 20.3 Å². The summed E-state index contributed by atoms with van der Waals surface area (Å²) in [6.07, 6.45) is 0.718. The van der Waals surface area contributed by atoms with Crippen molar-refractivity contribution < 1.29 is 40.9 Å². The Morgan fingerprint density at radius 2 is 2.25 bits per heavy atom. The van der Waals surface area contributed by atoms with Crippen LogP contribution in [-0.2, 0) is 4.79 Å². The minimum absolute atomic E-state index is 0. The molecule has 0 aliphatic heterocycles. The maximum atomic E-state index is 9.93. The summed E-state index contributed by atoms with van der Waals surface area (Å²) in [5.74, 6) is -0.887. The largest absolute Gasteiger partial charge is 1.00 e. The average Bonchev–Trinajstić information content (AvgIpc) is 1.65. The predicted octanol–water partition coefficient (Wildman–Crippen LogP) is -1.77. The van der Waals surface area contributed by atoms with Gasteiger partial charge in [0, 0.05) is 0 Å². The maximum Gasteiger partial charge on any atom is 1.00 e. The van der Waals surface area contributed by atoms with E-state index >= 15 is 0 Å². The third kappa shape index (κ3) is 4.62. The van der Waals surface area contributed by atoms with Crippen molar-refractivity contribution >= 4 is 5.97 Å². The van der Waals surface area contributed by atoms with E-state index in [0.717, 1.165) is 6.42 Å². The van der Waals surface area contributed by atoms with Crippen LogP contribution < -0.4 is 29.6 Å². The van der Waals surface area contributed by atoms with Crippen molar-refractivity contribution in [1.29, 1.82) is 0 Å². The molecule has 0 bridgehead atoms. The second-order valence-electron chi connectivity index (χ2n) is 1.65. The summed E-state index contributed by atoms with van der Waals surface area (Å²) < 4.78 is 0. The molecule has 0 rings (SSSR count). The second kappa shape index (κ2) is 5.60. The molecule has 0 radical (unpaired) electrons. The third-order valence-electron chi connectivity index (χ3n) is 1.03. The fourth-order valence-corrected chi connectivity index (χ4v) is 0.175. The first-order valence-electron chi connectivity index (χ1n) is 2.41. The molecule has 2 nitrogen and oxygen atoms in total. The first kappa shape index (κ1) is 11.3. The van der Waals surface area contributed by atoms with Gasteiger partial charge in [0.1, 0.15) is 0 Å². The van der Waals surface area contributed by atoms with E-state index in [4.69, 9.17) is 5.11 Å². The van der Waals surface area contributed by atoms with Crippen LogP contribution in [0.15, 0.2) is 0 Å². The van der Waals surface area contributed by atoms with Crippen LogP contribution in [0.25, 0.3) is 0 Å². The fourth-order valence-electron chi connectivity index (χ4n) is 0.175. The Morgan fingerprint density at radius 3 is 2.25 bits per heavy atom. The smallest absolute Gasteiger partial charge is 1.00 e. The fraction of sp³-hybridized carbons (Fsp3) is 0.800. The van der Waals surface area contributed by atoms with Crippen molar-refractivity contribution in [1.82, 2.24) is 0 Å². The van der Waals surface area contributed by atoms with Gasteiger partial charge < -0.3 is 6.53 Å². The summed E-state index contributed by atoms with van der Waals surface area (Å²) in [6.45, 7) is 3.56. The van der Waals surface area contributed by atoms with Crippen LogP contribution in [0.4, 0.5) is 0 Å². The summed E-state index contributed by atoms with van der Waals surface area (Å²) in [5, 5.41) is 8.18. The molecule has 1 N–H and O–H groups in total. The summed E-state index contributed by atoms with van der Waals surface area (Å²) in [4.78, 5) is 9.93. The Kier molecular flexibility index (Phi) is 7.91. The Bertz CT molecular complexity index is 77.4. The zero-order chi connectivity index (χ0) is 5.86. The number of aliphatic carboxylic acids is 1. The molecule has 0 fully saturated rings. The van der Waals surface area contributed by atoms with E-state index < -0.39 is 5.97 Å². The first-order valence-corrected chi connectivity index (χ1v) is 2.41. The zero-order valence-electron chi connectivity index (χ0n) is 6.64. The van der Waals surface area contributed by atoms with Crippen LogP contribution in [0, 0.1) is 5.92 Å². The van der Waals surface area contributed by atoms with E-state index in [1.54, 1.807) is 6.92 Å². The van der Waals surface area contributed by atoms with Crippen molar-refractivity contribution in [3.8, 4) is 0 Å². The summed E-state index contributed by atoms with van der Waals surface area (Å²) in [5.41, 5.74) is 0. The summed E-state index contributed by atoms with van der Waals surface area (Å²) in [7, 11) is 0. The molecule has 0 saturated heterocycles. The van der Waals surface area contributed by atoms with Crippen LogP contribution in [0.2, 0.25) is 0 Å². The molecule has 0 aromatic heterocycles. The third-order valence-corrected chi connectivity index (χ3v) is 1.03. The molecule has 1 atom stereocenters. The molecule has 1 unspecified atom stereocenters. The van der Waals surface area contributed by atoms with Gasteiger partial charge in [0.15, 0.2) is 0 Å². The van der Waals surface area contributed by atoms with Crippen LogP contribution in [0.3, 0.4) is 0 Å². The summed E-state index contributed by atoms with van der Waals surface area (Å²) in [6, 6.07) is 0. The van der Waals surface area contributed by atoms with Gasteiger partial charge in [-0.25, -0.2) is 0 Å². The van der Waals surface area contributed by atoms with Gasteiger partial charge in [-0.05, 0) is 6.42 Å². The predicted molar refractivity (Wildman–Crippen MR) is 28.2 cm³/mol. The SMILES string of the molecule is CCC(C)C(=O)O.[H-].[Na+]. The van der Waals surface area contributed by atoms with E-state index in [1.807, 2.05) is 6.92 Å². The number of carboxylic acid groups (broad SMARTS) is 1. The van der Waals surface area contributed by atoms with Gasteiger partial charge in [-0.2, -0.15) is 0 Å². The standard InChI is InChI=1S/C5H10O2.Na.H/c1-3-4(2)5(6)7;;/h4H,3H2,1-2H3,(H,6,7);;/q;+1;-1. The Balaban J connectivity index is -0.000000180. The normalized spacial score (nSPS) is 11.8. The molecule has 44 valence electrons. The minimum Gasteiger partial charge on any atom is -1.00 e. The van der Waals surface area contributed by atoms with E-state index in [1.165, 1.54) is 0 Å². The Hall–Kier alpha value is 0.470. The second-order valence-corrected chi connectivity index (χ2v) is 1.65. The molecule has 0 spiro atoms. The van der Waals surface area contributed by atoms with Crippen molar-refractivity contribution in [3.63, 3.8) is 0 Å². The van der Waals surface area contributed by atoms with E-state index in [2.05, 4.69) is 0 Å². The molecule has 3 heteroatoms. The Labute approximate surface area is 73.1 Å². The van der Waals surface area contributed by atoms with E-state index in [-0.39, 0.29) is 36.9 Å². The molecular formula is C5H11NaO2. The monoisotopic (exact) mass is 126 g/mol. The average molecular weight is 126 g/mol. The van der Waals surface area contributed by atoms with Gasteiger partial charge in [-0.1, -0.05) is 13.8 Å². The maximum absolute atomic E-state index is 9.93. The molecular weight excluding hydrogens is 115 g/mol. The summed E-state index contributed by atoms with van der Waals surface area (Å²) >= 11 is 0. The van der Waals surface area contributed by atoms with Gasteiger partial charge in [0.05, 0.1) is 5.92 Å².